The van der Waals surface area contributed by atoms with Crippen LogP contribution in [0.15, 0.2) is 42.5 Å². The van der Waals surface area contributed by atoms with Crippen molar-refractivity contribution in [3.8, 4) is 0 Å². The fourth-order valence-electron chi connectivity index (χ4n) is 2.99. The highest BCUT2D eigenvalue weighted by atomic mass is 35.5. The van der Waals surface area contributed by atoms with E-state index in [0.29, 0.717) is 35.1 Å². The van der Waals surface area contributed by atoms with Gasteiger partial charge in [0, 0.05) is 41.6 Å². The molecule has 8 nitrogen and oxygen atoms in total. The number of likely N-dealkylation sites (tertiary alicyclic amines) is 1. The first-order valence-electron chi connectivity index (χ1n) is 8.81. The second-order valence-electron chi connectivity index (χ2n) is 6.39. The number of halogens is 1. The number of carbonyl (C=O) groups excluding carboxylic acids is 2. The molecule has 1 fully saturated rings. The molecule has 0 atom stereocenters. The zero-order valence-electron chi connectivity index (χ0n) is 15.0. The van der Waals surface area contributed by atoms with Crippen molar-refractivity contribution in [3.05, 3.63) is 63.2 Å². The fourth-order valence-corrected chi connectivity index (χ4v) is 3.16. The van der Waals surface area contributed by atoms with Crippen molar-refractivity contribution in [2.75, 3.05) is 30.3 Å². The maximum absolute atomic E-state index is 12.7. The Morgan fingerprint density at radius 1 is 1.11 bits per heavy atom. The second-order valence-corrected chi connectivity index (χ2v) is 6.83. The lowest BCUT2D eigenvalue weighted by Gasteiger charge is -2.18. The van der Waals surface area contributed by atoms with Crippen LogP contribution in [0.5, 0.6) is 0 Å². The number of amides is 2. The normalized spacial score (nSPS) is 13.2. The highest BCUT2D eigenvalue weighted by Gasteiger charge is 2.22. The van der Waals surface area contributed by atoms with Gasteiger partial charge in [-0.3, -0.25) is 19.7 Å². The topological polar surface area (TPSA) is 105 Å². The molecule has 0 aliphatic carbocycles. The molecule has 0 radical (unpaired) electrons. The van der Waals surface area contributed by atoms with Gasteiger partial charge in [-0.25, -0.2) is 0 Å². The fraction of sp³-hybridized carbons (Fsp3) is 0.263. The predicted molar refractivity (Wildman–Crippen MR) is 107 cm³/mol. The van der Waals surface area contributed by atoms with Crippen LogP contribution < -0.4 is 10.6 Å². The Kier molecular flexibility index (Phi) is 6.10. The number of nitro groups is 1. The number of nitrogens with one attached hydrogen (secondary N) is 2. The molecule has 3 rings (SSSR count). The van der Waals surface area contributed by atoms with Crippen LogP contribution >= 0.6 is 11.6 Å². The van der Waals surface area contributed by atoms with Gasteiger partial charge in [-0.2, -0.15) is 0 Å². The third kappa shape index (κ3) is 4.77. The lowest BCUT2D eigenvalue weighted by Crippen LogP contribution is -2.29. The summed E-state index contributed by atoms with van der Waals surface area (Å²) in [7, 11) is 0. The number of nitrogens with zero attached hydrogens (tertiary/aromatic N) is 2. The van der Waals surface area contributed by atoms with Crippen LogP contribution in [0.4, 0.5) is 17.1 Å². The van der Waals surface area contributed by atoms with Crippen LogP contribution in [-0.4, -0.2) is 41.3 Å². The van der Waals surface area contributed by atoms with E-state index in [1.54, 1.807) is 23.1 Å². The molecule has 1 saturated heterocycles. The summed E-state index contributed by atoms with van der Waals surface area (Å²) in [5.41, 5.74) is 1.35. The van der Waals surface area contributed by atoms with Gasteiger partial charge < -0.3 is 15.5 Å². The van der Waals surface area contributed by atoms with E-state index in [1.165, 1.54) is 24.3 Å². The molecule has 0 unspecified atom stereocenters. The summed E-state index contributed by atoms with van der Waals surface area (Å²) in [6.07, 6.45) is 1.96. The van der Waals surface area contributed by atoms with E-state index in [9.17, 15) is 19.7 Å². The van der Waals surface area contributed by atoms with E-state index >= 15 is 0 Å². The van der Waals surface area contributed by atoms with Crippen LogP contribution in [0.2, 0.25) is 5.02 Å². The Morgan fingerprint density at radius 2 is 1.79 bits per heavy atom. The molecule has 1 aliphatic rings. The Labute approximate surface area is 166 Å². The highest BCUT2D eigenvalue weighted by Crippen LogP contribution is 2.24. The number of nitro benzene ring substituents is 1. The Bertz CT molecular complexity index is 895. The van der Waals surface area contributed by atoms with E-state index < -0.39 is 4.92 Å². The maximum atomic E-state index is 12.7. The SMILES string of the molecule is O=C(CNc1ccc(Cl)cc1C(=O)N1CCCC1)Nc1ccc([N+](=O)[O-])cc1. The van der Waals surface area contributed by atoms with Crippen LogP contribution in [0.3, 0.4) is 0 Å². The van der Waals surface area contributed by atoms with Gasteiger partial charge in [-0.15, -0.1) is 0 Å². The van der Waals surface area contributed by atoms with E-state index in [-0.39, 0.29) is 24.0 Å². The largest absolute Gasteiger partial charge is 0.375 e. The number of rotatable bonds is 6. The minimum absolute atomic E-state index is 0.0534. The van der Waals surface area contributed by atoms with Crippen molar-refractivity contribution < 1.29 is 14.5 Å². The second kappa shape index (κ2) is 8.71. The van der Waals surface area contributed by atoms with Crippen LogP contribution in [0, 0.1) is 10.1 Å². The summed E-state index contributed by atoms with van der Waals surface area (Å²) in [6, 6.07) is 10.5. The van der Waals surface area contributed by atoms with E-state index in [0.717, 1.165) is 12.8 Å². The van der Waals surface area contributed by atoms with Crippen molar-refractivity contribution in [1.29, 1.82) is 0 Å². The van der Waals surface area contributed by atoms with Gasteiger partial charge in [-0.1, -0.05) is 11.6 Å². The summed E-state index contributed by atoms with van der Waals surface area (Å²) in [6.45, 7) is 1.36. The molecule has 0 spiro atoms. The summed E-state index contributed by atoms with van der Waals surface area (Å²) < 4.78 is 0. The van der Waals surface area contributed by atoms with Gasteiger partial charge in [0.2, 0.25) is 5.91 Å². The number of anilines is 2. The minimum Gasteiger partial charge on any atom is -0.375 e. The first-order chi connectivity index (χ1) is 13.4. The number of benzene rings is 2. The third-order valence-electron chi connectivity index (χ3n) is 4.41. The van der Waals surface area contributed by atoms with Gasteiger partial charge in [-0.05, 0) is 43.2 Å². The highest BCUT2D eigenvalue weighted by molar-refractivity contribution is 6.31. The molecular formula is C19H19ClN4O4. The number of hydrogen-bond donors (Lipinski definition) is 2. The molecule has 0 saturated carbocycles. The van der Waals surface area contributed by atoms with E-state index in [1.807, 2.05) is 0 Å². The molecule has 28 heavy (non-hydrogen) atoms. The van der Waals surface area contributed by atoms with Crippen LogP contribution in [-0.2, 0) is 4.79 Å². The van der Waals surface area contributed by atoms with Gasteiger partial charge in [0.05, 0.1) is 17.0 Å². The molecule has 2 amide bonds. The van der Waals surface area contributed by atoms with Crippen molar-refractivity contribution in [1.82, 2.24) is 4.90 Å². The van der Waals surface area contributed by atoms with Gasteiger partial charge in [0.1, 0.15) is 0 Å². The van der Waals surface area contributed by atoms with E-state index in [2.05, 4.69) is 10.6 Å². The standard InChI is InChI=1S/C19H19ClN4O4/c20-13-3-8-17(16(11-13)19(26)23-9-1-2-10-23)21-12-18(25)22-14-4-6-15(7-5-14)24(27)28/h3-8,11,21H,1-2,9-10,12H2,(H,22,25). The van der Waals surface area contributed by atoms with Crippen LogP contribution in [0.25, 0.3) is 0 Å². The van der Waals surface area contributed by atoms with E-state index in [4.69, 9.17) is 11.6 Å². The third-order valence-corrected chi connectivity index (χ3v) is 4.64. The summed E-state index contributed by atoms with van der Waals surface area (Å²) in [5, 5.41) is 16.7. The summed E-state index contributed by atoms with van der Waals surface area (Å²) in [4.78, 5) is 36.8. The molecule has 2 aromatic carbocycles. The number of hydrogen-bond acceptors (Lipinski definition) is 5. The zero-order valence-corrected chi connectivity index (χ0v) is 15.7. The Hall–Kier alpha value is -3.13. The van der Waals surface area contributed by atoms with Crippen LogP contribution in [0.1, 0.15) is 23.2 Å². The van der Waals surface area contributed by atoms with Gasteiger partial charge >= 0.3 is 0 Å². The monoisotopic (exact) mass is 402 g/mol. The van der Waals surface area contributed by atoms with Gasteiger partial charge in [0.15, 0.2) is 0 Å². The zero-order chi connectivity index (χ0) is 20.1. The van der Waals surface area contributed by atoms with Crippen molar-refractivity contribution in [2.45, 2.75) is 12.8 Å². The molecule has 9 heteroatoms. The summed E-state index contributed by atoms with van der Waals surface area (Å²) in [5.74, 6) is -0.457. The molecule has 1 aliphatic heterocycles. The molecule has 1 heterocycles. The first kappa shape index (κ1) is 19.6. The molecule has 146 valence electrons. The molecule has 0 aromatic heterocycles. The maximum Gasteiger partial charge on any atom is 0.269 e. The Balaban J connectivity index is 1.64. The Morgan fingerprint density at radius 3 is 2.43 bits per heavy atom. The predicted octanol–water partition coefficient (Wildman–Crippen LogP) is 3.53. The first-order valence-corrected chi connectivity index (χ1v) is 9.19. The van der Waals surface area contributed by atoms with Gasteiger partial charge in [0.25, 0.3) is 11.6 Å². The average molecular weight is 403 g/mol. The lowest BCUT2D eigenvalue weighted by molar-refractivity contribution is -0.384. The number of carbonyl (C=O) groups is 2. The number of non-ortho nitro benzene ring substituents is 1. The smallest absolute Gasteiger partial charge is 0.269 e. The lowest BCUT2D eigenvalue weighted by atomic mass is 10.1. The van der Waals surface area contributed by atoms with Crippen molar-refractivity contribution in [3.63, 3.8) is 0 Å². The molecular weight excluding hydrogens is 384 g/mol. The summed E-state index contributed by atoms with van der Waals surface area (Å²) >= 11 is 6.05. The average Bonchev–Trinajstić information content (AvgIpc) is 3.21. The minimum atomic E-state index is -0.507. The molecule has 2 aromatic rings. The van der Waals surface area contributed by atoms with Crippen molar-refractivity contribution in [2.24, 2.45) is 0 Å². The molecule has 0 bridgehead atoms. The van der Waals surface area contributed by atoms with Crippen molar-refractivity contribution >= 4 is 40.5 Å². The quantitative estimate of drug-likeness (QED) is 0.568. The molecule has 2 N–H and O–H groups in total.